The highest BCUT2D eigenvalue weighted by Crippen LogP contribution is 2.33. The van der Waals surface area contributed by atoms with Gasteiger partial charge in [0.05, 0.1) is 12.1 Å². The summed E-state index contributed by atoms with van der Waals surface area (Å²) >= 11 is 11.7. The number of hydrogen-bond acceptors (Lipinski definition) is 4. The zero-order chi connectivity index (χ0) is 14.8. The number of hydrogen-bond donors (Lipinski definition) is 0. The normalized spacial score (nSPS) is 11.2. The molecule has 0 atom stereocenters. The van der Waals surface area contributed by atoms with Crippen molar-refractivity contribution in [1.82, 2.24) is 0 Å². The molecule has 0 saturated carbocycles. The van der Waals surface area contributed by atoms with Gasteiger partial charge in [-0.1, -0.05) is 29.3 Å². The van der Waals surface area contributed by atoms with Crippen LogP contribution in [0.15, 0.2) is 47.4 Å². The molecule has 0 aliphatic rings. The zero-order valence-corrected chi connectivity index (χ0v) is 12.7. The SMILES string of the molecule is COc1ccc(S(=O)(=O)Oc2cccc(Cl)c2Cl)cc1. The van der Waals surface area contributed by atoms with Crippen molar-refractivity contribution in [1.29, 1.82) is 0 Å². The molecule has 0 bridgehead atoms. The standard InChI is InChI=1S/C13H10Cl2O4S/c1-18-9-5-7-10(8-6-9)20(16,17)19-12-4-2-3-11(14)13(12)15/h2-8H,1H3. The summed E-state index contributed by atoms with van der Waals surface area (Å²) in [6.45, 7) is 0. The van der Waals surface area contributed by atoms with Crippen molar-refractivity contribution in [3.63, 3.8) is 0 Å². The molecule has 0 fully saturated rings. The van der Waals surface area contributed by atoms with Crippen molar-refractivity contribution in [3.05, 3.63) is 52.5 Å². The second-order valence-corrected chi connectivity index (χ2v) is 6.10. The van der Waals surface area contributed by atoms with Gasteiger partial charge in [-0.15, -0.1) is 0 Å². The maximum Gasteiger partial charge on any atom is 0.339 e. The van der Waals surface area contributed by atoms with Crippen LogP contribution in [-0.2, 0) is 10.1 Å². The first kappa shape index (κ1) is 15.0. The fourth-order valence-corrected chi connectivity index (χ4v) is 2.77. The van der Waals surface area contributed by atoms with Crippen molar-refractivity contribution >= 4 is 33.3 Å². The van der Waals surface area contributed by atoms with E-state index in [9.17, 15) is 8.42 Å². The molecule has 4 nitrogen and oxygen atoms in total. The molecule has 0 aliphatic carbocycles. The predicted molar refractivity (Wildman–Crippen MR) is 77.3 cm³/mol. The minimum absolute atomic E-state index is 0.00524. The fraction of sp³-hybridized carbons (Fsp3) is 0.0769. The molecule has 7 heteroatoms. The predicted octanol–water partition coefficient (Wildman–Crippen LogP) is 3.77. The van der Waals surface area contributed by atoms with Gasteiger partial charge in [-0.3, -0.25) is 0 Å². The van der Waals surface area contributed by atoms with Crippen molar-refractivity contribution < 1.29 is 17.3 Å². The smallest absolute Gasteiger partial charge is 0.339 e. The summed E-state index contributed by atoms with van der Waals surface area (Å²) in [5.41, 5.74) is 0. The van der Waals surface area contributed by atoms with Gasteiger partial charge in [0, 0.05) is 0 Å². The molecule has 0 unspecified atom stereocenters. The van der Waals surface area contributed by atoms with E-state index in [1.54, 1.807) is 6.07 Å². The summed E-state index contributed by atoms with van der Waals surface area (Å²) in [5.74, 6) is 0.528. The molecule has 0 aliphatic heterocycles. The monoisotopic (exact) mass is 332 g/mol. The van der Waals surface area contributed by atoms with Gasteiger partial charge in [0.2, 0.25) is 0 Å². The summed E-state index contributed by atoms with van der Waals surface area (Å²) in [4.78, 5) is -0.00524. The fourth-order valence-electron chi connectivity index (χ4n) is 1.46. The topological polar surface area (TPSA) is 52.6 Å². The van der Waals surface area contributed by atoms with Crippen molar-refractivity contribution in [2.24, 2.45) is 0 Å². The largest absolute Gasteiger partial charge is 0.497 e. The Kier molecular flexibility index (Phi) is 4.42. The van der Waals surface area contributed by atoms with E-state index in [-0.39, 0.29) is 20.7 Å². The van der Waals surface area contributed by atoms with E-state index in [2.05, 4.69) is 0 Å². The number of ether oxygens (including phenoxy) is 1. The van der Waals surface area contributed by atoms with Crippen molar-refractivity contribution in [2.75, 3.05) is 7.11 Å². The van der Waals surface area contributed by atoms with E-state index in [0.29, 0.717) is 5.75 Å². The molecule has 0 N–H and O–H groups in total. The molecular formula is C13H10Cl2O4S. The van der Waals surface area contributed by atoms with E-state index in [0.717, 1.165) is 0 Å². The number of methoxy groups -OCH3 is 1. The second kappa shape index (κ2) is 5.91. The third-order valence-corrected chi connectivity index (χ3v) is 4.51. The summed E-state index contributed by atoms with van der Waals surface area (Å²) < 4.78 is 34.1. The first-order valence-corrected chi connectivity index (χ1v) is 7.63. The quantitative estimate of drug-likeness (QED) is 0.799. The summed E-state index contributed by atoms with van der Waals surface area (Å²) in [7, 11) is -2.48. The van der Waals surface area contributed by atoms with Gasteiger partial charge < -0.3 is 8.92 Å². The van der Waals surface area contributed by atoms with E-state index >= 15 is 0 Å². The molecule has 2 aromatic rings. The van der Waals surface area contributed by atoms with E-state index < -0.39 is 10.1 Å². The lowest BCUT2D eigenvalue weighted by atomic mass is 10.3. The number of rotatable bonds is 4. The van der Waals surface area contributed by atoms with Gasteiger partial charge in [0.15, 0.2) is 5.75 Å². The van der Waals surface area contributed by atoms with Crippen LogP contribution >= 0.6 is 23.2 Å². The lowest BCUT2D eigenvalue weighted by molar-refractivity contribution is 0.414. The van der Waals surface area contributed by atoms with Crippen LogP contribution in [-0.4, -0.2) is 15.5 Å². The third kappa shape index (κ3) is 3.17. The van der Waals surface area contributed by atoms with Crippen LogP contribution in [0.4, 0.5) is 0 Å². The molecule has 2 aromatic carbocycles. The van der Waals surface area contributed by atoms with Crippen LogP contribution in [0.2, 0.25) is 10.0 Å². The highest BCUT2D eigenvalue weighted by molar-refractivity contribution is 7.87. The molecule has 2 rings (SSSR count). The van der Waals surface area contributed by atoms with Gasteiger partial charge in [-0.05, 0) is 36.4 Å². The Labute approximate surface area is 127 Å². The minimum atomic E-state index is -3.98. The summed E-state index contributed by atoms with van der Waals surface area (Å²) in [5, 5.41) is 0.264. The molecule has 20 heavy (non-hydrogen) atoms. The Morgan fingerprint density at radius 3 is 2.25 bits per heavy atom. The van der Waals surface area contributed by atoms with Gasteiger partial charge in [-0.25, -0.2) is 0 Å². The highest BCUT2D eigenvalue weighted by Gasteiger charge is 2.19. The minimum Gasteiger partial charge on any atom is -0.497 e. The molecular weight excluding hydrogens is 323 g/mol. The van der Waals surface area contributed by atoms with E-state index in [1.807, 2.05) is 0 Å². The Morgan fingerprint density at radius 1 is 1.00 bits per heavy atom. The van der Waals surface area contributed by atoms with Crippen LogP contribution in [0.25, 0.3) is 0 Å². The molecule has 0 aromatic heterocycles. The lowest BCUT2D eigenvalue weighted by Crippen LogP contribution is -2.10. The second-order valence-electron chi connectivity index (χ2n) is 3.76. The Bertz CT molecular complexity index is 712. The van der Waals surface area contributed by atoms with Gasteiger partial charge in [-0.2, -0.15) is 8.42 Å². The van der Waals surface area contributed by atoms with Crippen LogP contribution in [0.3, 0.4) is 0 Å². The van der Waals surface area contributed by atoms with Crippen LogP contribution in [0.5, 0.6) is 11.5 Å². The molecule has 106 valence electrons. The van der Waals surface area contributed by atoms with E-state index in [4.69, 9.17) is 32.1 Å². The molecule has 0 heterocycles. The average molecular weight is 333 g/mol. The summed E-state index contributed by atoms with van der Waals surface area (Å²) in [6.07, 6.45) is 0. The van der Waals surface area contributed by atoms with Crippen molar-refractivity contribution in [2.45, 2.75) is 4.90 Å². The maximum absolute atomic E-state index is 12.1. The van der Waals surface area contributed by atoms with Gasteiger partial charge >= 0.3 is 10.1 Å². The first-order chi connectivity index (χ1) is 9.44. The zero-order valence-electron chi connectivity index (χ0n) is 10.3. The van der Waals surface area contributed by atoms with E-state index in [1.165, 1.54) is 43.5 Å². The number of halogens is 2. The summed E-state index contributed by atoms with van der Waals surface area (Å²) in [6, 6.07) is 10.3. The van der Waals surface area contributed by atoms with Crippen molar-refractivity contribution in [3.8, 4) is 11.5 Å². The van der Waals surface area contributed by atoms with Gasteiger partial charge in [0.1, 0.15) is 15.7 Å². The molecule has 0 saturated heterocycles. The average Bonchev–Trinajstić information content (AvgIpc) is 2.44. The molecule has 0 radical (unpaired) electrons. The Hall–Kier alpha value is -1.43. The molecule has 0 amide bonds. The lowest BCUT2D eigenvalue weighted by Gasteiger charge is -2.09. The van der Waals surface area contributed by atoms with Crippen LogP contribution < -0.4 is 8.92 Å². The number of benzene rings is 2. The highest BCUT2D eigenvalue weighted by atomic mass is 35.5. The third-order valence-electron chi connectivity index (χ3n) is 2.46. The van der Waals surface area contributed by atoms with Crippen LogP contribution in [0.1, 0.15) is 0 Å². The van der Waals surface area contributed by atoms with Crippen LogP contribution in [0, 0.1) is 0 Å². The Balaban J connectivity index is 2.33. The van der Waals surface area contributed by atoms with Gasteiger partial charge in [0.25, 0.3) is 0 Å². The first-order valence-electron chi connectivity index (χ1n) is 5.46. The molecule has 0 spiro atoms. The maximum atomic E-state index is 12.1. The Morgan fingerprint density at radius 2 is 1.65 bits per heavy atom.